The molecule has 12 heteroatoms. The Hall–Kier alpha value is -3.67. The SMILES string of the molecule is CCCC(=O)OCCCONc1ccc(C(=O)Nc2ccc(OC)c(N3CCC(F)(F)CC3)n2)c(N2CCC3(CC2)CC3)c1. The second-order valence-electron chi connectivity index (χ2n) is 12.0. The summed E-state index contributed by atoms with van der Waals surface area (Å²) in [6.45, 7) is 4.59. The van der Waals surface area contributed by atoms with Gasteiger partial charge in [-0.1, -0.05) is 6.92 Å². The molecule has 0 atom stereocenters. The van der Waals surface area contributed by atoms with Crippen molar-refractivity contribution in [2.24, 2.45) is 5.41 Å². The fourth-order valence-corrected chi connectivity index (χ4v) is 5.80. The normalized spacial score (nSPS) is 18.5. The Bertz CT molecular complexity index is 1300. The predicted molar refractivity (Wildman–Crippen MR) is 165 cm³/mol. The van der Waals surface area contributed by atoms with Gasteiger partial charge in [0.15, 0.2) is 11.6 Å². The first-order valence-corrected chi connectivity index (χ1v) is 15.6. The molecular formula is C32H43F2N5O5. The molecule has 1 aliphatic carbocycles. The molecule has 240 valence electrons. The van der Waals surface area contributed by atoms with E-state index >= 15 is 0 Å². The molecule has 1 spiro atoms. The number of rotatable bonds is 13. The van der Waals surface area contributed by atoms with Crippen LogP contribution in [0.5, 0.6) is 5.75 Å². The van der Waals surface area contributed by atoms with Gasteiger partial charge in [-0.25, -0.2) is 13.8 Å². The number of amides is 1. The number of anilines is 4. The predicted octanol–water partition coefficient (Wildman–Crippen LogP) is 6.04. The van der Waals surface area contributed by atoms with Crippen LogP contribution >= 0.6 is 0 Å². The van der Waals surface area contributed by atoms with Gasteiger partial charge < -0.3 is 24.6 Å². The highest BCUT2D eigenvalue weighted by Crippen LogP contribution is 2.54. The van der Waals surface area contributed by atoms with Crippen molar-refractivity contribution in [2.45, 2.75) is 70.6 Å². The number of piperidine rings is 2. The molecule has 1 aromatic carbocycles. The Kier molecular flexibility index (Phi) is 10.1. The number of halogens is 2. The zero-order chi connectivity index (χ0) is 31.2. The number of hydrogen-bond acceptors (Lipinski definition) is 9. The van der Waals surface area contributed by atoms with Crippen molar-refractivity contribution in [2.75, 3.05) is 67.1 Å². The third kappa shape index (κ3) is 8.08. The van der Waals surface area contributed by atoms with Crippen LogP contribution in [0.1, 0.15) is 75.1 Å². The van der Waals surface area contributed by atoms with E-state index < -0.39 is 5.92 Å². The molecule has 0 bridgehead atoms. The molecule has 10 nitrogen and oxygen atoms in total. The quantitative estimate of drug-likeness (QED) is 0.159. The zero-order valence-corrected chi connectivity index (χ0v) is 25.6. The second kappa shape index (κ2) is 14.0. The number of alkyl halides is 2. The van der Waals surface area contributed by atoms with Crippen LogP contribution in [-0.2, 0) is 14.4 Å². The number of methoxy groups -OCH3 is 1. The number of nitrogens with zero attached hydrogens (tertiary/aromatic N) is 3. The lowest BCUT2D eigenvalue weighted by Gasteiger charge is -2.35. The van der Waals surface area contributed by atoms with Crippen LogP contribution in [0.15, 0.2) is 30.3 Å². The summed E-state index contributed by atoms with van der Waals surface area (Å²) in [5, 5.41) is 2.92. The first kappa shape index (κ1) is 31.7. The maximum Gasteiger partial charge on any atom is 0.305 e. The van der Waals surface area contributed by atoms with Gasteiger partial charge in [0.05, 0.1) is 37.3 Å². The molecule has 1 amide bonds. The summed E-state index contributed by atoms with van der Waals surface area (Å²) in [6.07, 6.45) is 5.95. The summed E-state index contributed by atoms with van der Waals surface area (Å²) in [6, 6.07) is 8.82. The Balaban J connectivity index is 1.27. The third-order valence-electron chi connectivity index (χ3n) is 8.76. The summed E-state index contributed by atoms with van der Waals surface area (Å²) in [7, 11) is 1.51. The lowest BCUT2D eigenvalue weighted by atomic mass is 9.93. The van der Waals surface area contributed by atoms with Gasteiger partial charge in [0.1, 0.15) is 5.82 Å². The van der Waals surface area contributed by atoms with Crippen LogP contribution in [-0.4, -0.2) is 69.3 Å². The van der Waals surface area contributed by atoms with E-state index in [0.717, 1.165) is 38.0 Å². The fourth-order valence-electron chi connectivity index (χ4n) is 5.80. The number of carbonyl (C=O) groups is 2. The number of pyridine rings is 1. The van der Waals surface area contributed by atoms with Gasteiger partial charge in [0, 0.05) is 51.9 Å². The van der Waals surface area contributed by atoms with Crippen molar-refractivity contribution < 1.29 is 32.7 Å². The van der Waals surface area contributed by atoms with Gasteiger partial charge in [0.25, 0.3) is 11.8 Å². The fraction of sp³-hybridized carbons (Fsp3) is 0.594. The molecule has 3 heterocycles. The van der Waals surface area contributed by atoms with E-state index in [9.17, 15) is 18.4 Å². The maximum absolute atomic E-state index is 13.8. The Morgan fingerprint density at radius 2 is 1.68 bits per heavy atom. The average Bonchev–Trinajstić information content (AvgIpc) is 3.77. The molecule has 2 aliphatic heterocycles. The van der Waals surface area contributed by atoms with Crippen molar-refractivity contribution in [3.63, 3.8) is 0 Å². The van der Waals surface area contributed by atoms with Crippen molar-refractivity contribution in [1.29, 1.82) is 0 Å². The minimum absolute atomic E-state index is 0.148. The number of carbonyl (C=O) groups excluding carboxylic acids is 2. The highest BCUT2D eigenvalue weighted by Gasteiger charge is 2.44. The van der Waals surface area contributed by atoms with E-state index in [1.54, 1.807) is 29.2 Å². The number of aromatic nitrogens is 1. The number of nitrogens with one attached hydrogen (secondary N) is 2. The van der Waals surface area contributed by atoms with Crippen LogP contribution in [0.3, 0.4) is 0 Å². The smallest absolute Gasteiger partial charge is 0.305 e. The van der Waals surface area contributed by atoms with Gasteiger partial charge in [0.2, 0.25) is 0 Å². The molecule has 5 rings (SSSR count). The summed E-state index contributed by atoms with van der Waals surface area (Å²) in [5.41, 5.74) is 5.44. The van der Waals surface area contributed by atoms with Crippen molar-refractivity contribution in [1.82, 2.24) is 4.98 Å². The van der Waals surface area contributed by atoms with Gasteiger partial charge in [-0.3, -0.25) is 19.9 Å². The molecule has 2 aromatic rings. The minimum atomic E-state index is -2.69. The monoisotopic (exact) mass is 615 g/mol. The molecule has 3 aliphatic rings. The third-order valence-corrected chi connectivity index (χ3v) is 8.76. The van der Waals surface area contributed by atoms with E-state index in [1.807, 2.05) is 13.0 Å². The summed E-state index contributed by atoms with van der Waals surface area (Å²) >= 11 is 0. The lowest BCUT2D eigenvalue weighted by Crippen LogP contribution is -2.40. The average molecular weight is 616 g/mol. The number of benzene rings is 1. The summed E-state index contributed by atoms with van der Waals surface area (Å²) < 4.78 is 38.2. The largest absolute Gasteiger partial charge is 0.493 e. The molecule has 1 aromatic heterocycles. The topological polar surface area (TPSA) is 105 Å². The standard InChI is InChI=1S/C32H43F2N5O5/c1-3-5-28(40)43-20-4-21-44-37-23-6-7-24(25(22-23)38-16-12-31(10-11-31)13-17-38)30(41)36-27-9-8-26(42-2)29(35-27)39-18-14-32(33,34)15-19-39/h6-9,22,37H,3-5,10-21H2,1-2H3,(H,35,36,41). The molecule has 3 fully saturated rings. The van der Waals surface area contributed by atoms with Gasteiger partial charge in [-0.05, 0) is 67.9 Å². The molecule has 0 radical (unpaired) electrons. The van der Waals surface area contributed by atoms with E-state index in [2.05, 4.69) is 20.7 Å². The van der Waals surface area contributed by atoms with Crippen LogP contribution in [0, 0.1) is 5.41 Å². The highest BCUT2D eigenvalue weighted by molar-refractivity contribution is 6.08. The zero-order valence-electron chi connectivity index (χ0n) is 25.6. The first-order chi connectivity index (χ1) is 21.2. The van der Waals surface area contributed by atoms with Crippen LogP contribution in [0.2, 0.25) is 0 Å². The molecule has 0 unspecified atom stereocenters. The Labute approximate surface area is 257 Å². The Morgan fingerprint density at radius 3 is 2.36 bits per heavy atom. The van der Waals surface area contributed by atoms with Gasteiger partial charge in [-0.15, -0.1) is 0 Å². The summed E-state index contributed by atoms with van der Waals surface area (Å²) in [5.74, 6) is -1.99. The lowest BCUT2D eigenvalue weighted by molar-refractivity contribution is -0.144. The molecule has 2 N–H and O–H groups in total. The van der Waals surface area contributed by atoms with E-state index in [-0.39, 0.29) is 37.8 Å². The van der Waals surface area contributed by atoms with Crippen molar-refractivity contribution in [3.05, 3.63) is 35.9 Å². The molecule has 2 saturated heterocycles. The van der Waals surface area contributed by atoms with E-state index in [4.69, 9.17) is 14.3 Å². The molecule has 44 heavy (non-hydrogen) atoms. The van der Waals surface area contributed by atoms with Crippen LogP contribution in [0.25, 0.3) is 0 Å². The Morgan fingerprint density at radius 1 is 0.955 bits per heavy atom. The number of ether oxygens (including phenoxy) is 2. The van der Waals surface area contributed by atoms with E-state index in [1.165, 1.54) is 20.0 Å². The molecular weight excluding hydrogens is 572 g/mol. The number of esters is 1. The summed E-state index contributed by atoms with van der Waals surface area (Å²) in [4.78, 5) is 39.4. The van der Waals surface area contributed by atoms with E-state index in [0.29, 0.717) is 60.1 Å². The minimum Gasteiger partial charge on any atom is -0.493 e. The van der Waals surface area contributed by atoms with Crippen LogP contribution in [0.4, 0.5) is 31.8 Å². The van der Waals surface area contributed by atoms with Gasteiger partial charge in [-0.2, -0.15) is 0 Å². The van der Waals surface area contributed by atoms with Crippen LogP contribution < -0.4 is 25.3 Å². The second-order valence-corrected chi connectivity index (χ2v) is 12.0. The van der Waals surface area contributed by atoms with Crippen molar-refractivity contribution >= 4 is 34.9 Å². The number of hydrogen-bond donors (Lipinski definition) is 2. The highest BCUT2D eigenvalue weighted by atomic mass is 19.3. The molecule has 1 saturated carbocycles. The maximum atomic E-state index is 13.8. The van der Waals surface area contributed by atoms with Gasteiger partial charge >= 0.3 is 5.97 Å². The first-order valence-electron chi connectivity index (χ1n) is 15.6. The van der Waals surface area contributed by atoms with Crippen molar-refractivity contribution in [3.8, 4) is 5.75 Å².